The number of anilines is 1. The zero-order valence-corrected chi connectivity index (χ0v) is 22.3. The number of hydrogen-bond donors (Lipinski definition) is 4. The third-order valence-corrected chi connectivity index (χ3v) is 5.42. The minimum Gasteiger partial charge on any atom is -0.508 e. The number of ether oxygens (including phenoxy) is 2. The lowest BCUT2D eigenvalue weighted by molar-refractivity contribution is -0.140. The first-order chi connectivity index (χ1) is 17.8. The summed E-state index contributed by atoms with van der Waals surface area (Å²) < 4.78 is 10.4. The van der Waals surface area contributed by atoms with E-state index in [4.69, 9.17) is 15.2 Å². The van der Waals surface area contributed by atoms with Crippen molar-refractivity contribution in [1.29, 1.82) is 0 Å². The minimum atomic E-state index is -1.19. The van der Waals surface area contributed by atoms with Crippen LogP contribution in [0.1, 0.15) is 52.1 Å². The van der Waals surface area contributed by atoms with Gasteiger partial charge < -0.3 is 35.8 Å². The molecule has 4 amide bonds. The fourth-order valence-corrected chi connectivity index (χ4v) is 3.67. The maximum Gasteiger partial charge on any atom is 0.408 e. The molecular formula is C27H36N4O7. The molecule has 2 unspecified atom stereocenters. The summed E-state index contributed by atoms with van der Waals surface area (Å²) in [5.74, 6) is -1.19. The summed E-state index contributed by atoms with van der Waals surface area (Å²) in [4.78, 5) is 52.6. The number of methoxy groups -OCH3 is 1. The standard InChI is InChI=1S/C27H36N4O7/c1-6-31(25(35)21(15-16-22(28)33)30-26(36)38-27(2,3)4)23(17-7-11-19(32)12-8-17)24(34)29-18-9-13-20(37-5)14-10-18/h7-14,21,23,32H,6,15-16H2,1-5H3,(H2,28,33)(H,29,34)(H,30,36). The number of amides is 4. The van der Waals surface area contributed by atoms with Gasteiger partial charge in [0.15, 0.2) is 0 Å². The Balaban J connectivity index is 2.42. The van der Waals surface area contributed by atoms with Crippen molar-refractivity contribution >= 4 is 29.5 Å². The molecule has 2 aromatic carbocycles. The Kier molecular flexibility index (Phi) is 10.5. The van der Waals surface area contributed by atoms with Crippen molar-refractivity contribution in [2.75, 3.05) is 19.0 Å². The molecule has 11 heteroatoms. The Bertz CT molecular complexity index is 1110. The predicted molar refractivity (Wildman–Crippen MR) is 141 cm³/mol. The van der Waals surface area contributed by atoms with Gasteiger partial charge in [0.05, 0.1) is 7.11 Å². The average molecular weight is 529 g/mol. The van der Waals surface area contributed by atoms with Crippen LogP contribution in [0.3, 0.4) is 0 Å². The highest BCUT2D eigenvalue weighted by Crippen LogP contribution is 2.27. The van der Waals surface area contributed by atoms with E-state index < -0.39 is 41.5 Å². The second kappa shape index (κ2) is 13.3. The minimum absolute atomic E-state index is 0.0108. The third kappa shape index (κ3) is 8.99. The van der Waals surface area contributed by atoms with Gasteiger partial charge in [0.2, 0.25) is 11.8 Å². The van der Waals surface area contributed by atoms with Crippen LogP contribution >= 0.6 is 0 Å². The smallest absolute Gasteiger partial charge is 0.408 e. The third-order valence-electron chi connectivity index (χ3n) is 5.42. The number of carbonyl (C=O) groups excluding carboxylic acids is 4. The number of carbonyl (C=O) groups is 4. The largest absolute Gasteiger partial charge is 0.508 e. The highest BCUT2D eigenvalue weighted by molar-refractivity contribution is 5.99. The number of nitrogens with one attached hydrogen (secondary N) is 2. The van der Waals surface area contributed by atoms with Gasteiger partial charge in [0.1, 0.15) is 29.2 Å². The number of phenols is 1. The van der Waals surface area contributed by atoms with Crippen molar-refractivity contribution in [2.24, 2.45) is 5.73 Å². The molecule has 2 atom stereocenters. The van der Waals surface area contributed by atoms with Crippen LogP contribution in [0, 0.1) is 0 Å². The van der Waals surface area contributed by atoms with Crippen molar-refractivity contribution in [3.63, 3.8) is 0 Å². The van der Waals surface area contributed by atoms with Crippen LogP contribution in [0.15, 0.2) is 48.5 Å². The van der Waals surface area contributed by atoms with E-state index in [9.17, 15) is 24.3 Å². The van der Waals surface area contributed by atoms with Crippen molar-refractivity contribution in [2.45, 2.75) is 58.2 Å². The molecule has 0 saturated carbocycles. The molecule has 0 fully saturated rings. The van der Waals surface area contributed by atoms with Crippen molar-refractivity contribution < 1.29 is 33.8 Å². The fourth-order valence-electron chi connectivity index (χ4n) is 3.67. The van der Waals surface area contributed by atoms with Crippen molar-refractivity contribution in [3.8, 4) is 11.5 Å². The van der Waals surface area contributed by atoms with Crippen LogP contribution in [0.5, 0.6) is 11.5 Å². The van der Waals surface area contributed by atoms with E-state index in [0.717, 1.165) is 0 Å². The molecule has 5 N–H and O–H groups in total. The average Bonchev–Trinajstić information content (AvgIpc) is 2.84. The number of rotatable bonds is 11. The molecule has 0 heterocycles. The van der Waals surface area contributed by atoms with E-state index in [-0.39, 0.29) is 25.1 Å². The van der Waals surface area contributed by atoms with Crippen LogP contribution in [0.4, 0.5) is 10.5 Å². The first-order valence-corrected chi connectivity index (χ1v) is 12.2. The topological polar surface area (TPSA) is 160 Å². The summed E-state index contributed by atoms with van der Waals surface area (Å²) >= 11 is 0. The van der Waals surface area contributed by atoms with Gasteiger partial charge in [-0.3, -0.25) is 14.4 Å². The maximum atomic E-state index is 13.8. The number of primary amides is 1. The molecule has 0 aliphatic rings. The normalized spacial score (nSPS) is 12.6. The Morgan fingerprint density at radius 2 is 1.63 bits per heavy atom. The summed E-state index contributed by atoms with van der Waals surface area (Å²) in [5, 5.41) is 15.1. The second-order valence-electron chi connectivity index (χ2n) is 9.54. The quantitative estimate of drug-likeness (QED) is 0.348. The molecule has 0 aromatic heterocycles. The van der Waals surface area contributed by atoms with Gasteiger partial charge in [0.25, 0.3) is 5.91 Å². The zero-order chi connectivity index (χ0) is 28.5. The van der Waals surface area contributed by atoms with E-state index in [2.05, 4.69) is 10.6 Å². The van der Waals surface area contributed by atoms with Gasteiger partial charge in [0, 0.05) is 18.7 Å². The number of hydrogen-bond acceptors (Lipinski definition) is 7. The second-order valence-corrected chi connectivity index (χ2v) is 9.54. The Morgan fingerprint density at radius 3 is 2.13 bits per heavy atom. The molecule has 0 aliphatic carbocycles. The summed E-state index contributed by atoms with van der Waals surface area (Å²) in [6, 6.07) is 10.2. The lowest BCUT2D eigenvalue weighted by atomic mass is 10.0. The Hall–Kier alpha value is -4.28. The van der Waals surface area contributed by atoms with E-state index in [1.54, 1.807) is 52.0 Å². The number of nitrogens with two attached hydrogens (primary N) is 1. The molecule has 0 radical (unpaired) electrons. The highest BCUT2D eigenvalue weighted by Gasteiger charge is 2.35. The molecule has 0 aliphatic heterocycles. The first-order valence-electron chi connectivity index (χ1n) is 12.2. The van der Waals surface area contributed by atoms with E-state index in [0.29, 0.717) is 17.0 Å². The van der Waals surface area contributed by atoms with Crippen molar-refractivity contribution in [3.05, 3.63) is 54.1 Å². The maximum absolute atomic E-state index is 13.8. The molecule has 0 spiro atoms. The SMILES string of the molecule is CCN(C(=O)C(CCC(N)=O)NC(=O)OC(C)(C)C)C(C(=O)Nc1ccc(OC)cc1)c1ccc(O)cc1. The van der Waals surface area contributed by atoms with Crippen LogP contribution in [0.2, 0.25) is 0 Å². The van der Waals surface area contributed by atoms with E-state index >= 15 is 0 Å². The van der Waals surface area contributed by atoms with Gasteiger partial charge in [-0.05, 0) is 76.1 Å². The van der Waals surface area contributed by atoms with Gasteiger partial charge in [-0.25, -0.2) is 4.79 Å². The van der Waals surface area contributed by atoms with Gasteiger partial charge in [-0.2, -0.15) is 0 Å². The van der Waals surface area contributed by atoms with Crippen LogP contribution in [-0.4, -0.2) is 59.1 Å². The Morgan fingerprint density at radius 1 is 1.03 bits per heavy atom. The molecule has 0 bridgehead atoms. The van der Waals surface area contributed by atoms with E-state index in [1.807, 2.05) is 0 Å². The number of alkyl carbamates (subject to hydrolysis) is 1. The number of benzene rings is 2. The summed E-state index contributed by atoms with van der Waals surface area (Å²) in [6.07, 6.45) is -1.11. The van der Waals surface area contributed by atoms with Gasteiger partial charge >= 0.3 is 6.09 Å². The lowest BCUT2D eigenvalue weighted by Gasteiger charge is -2.33. The van der Waals surface area contributed by atoms with E-state index in [1.165, 1.54) is 36.3 Å². The van der Waals surface area contributed by atoms with Crippen LogP contribution < -0.4 is 21.1 Å². The monoisotopic (exact) mass is 528 g/mol. The number of likely N-dealkylation sites (N-methyl/N-ethyl adjacent to an activating group) is 1. The molecule has 0 saturated heterocycles. The van der Waals surface area contributed by atoms with Crippen molar-refractivity contribution in [1.82, 2.24) is 10.2 Å². The summed E-state index contributed by atoms with van der Waals surface area (Å²) in [7, 11) is 1.53. The van der Waals surface area contributed by atoms with Gasteiger partial charge in [-0.15, -0.1) is 0 Å². The lowest BCUT2D eigenvalue weighted by Crippen LogP contribution is -2.52. The first kappa shape index (κ1) is 29.9. The molecule has 2 rings (SSSR count). The summed E-state index contributed by atoms with van der Waals surface area (Å²) in [6.45, 7) is 6.80. The Labute approximate surface area is 222 Å². The van der Waals surface area contributed by atoms with Crippen LogP contribution in [-0.2, 0) is 19.1 Å². The number of phenolic OH excluding ortho intramolecular Hbond substituents is 1. The number of aromatic hydroxyl groups is 1. The fraction of sp³-hybridized carbons (Fsp3) is 0.407. The molecule has 206 valence electrons. The zero-order valence-electron chi connectivity index (χ0n) is 22.3. The molecule has 2 aromatic rings. The summed E-state index contributed by atoms with van der Waals surface area (Å²) in [5.41, 5.74) is 5.37. The molecular weight excluding hydrogens is 492 g/mol. The highest BCUT2D eigenvalue weighted by atomic mass is 16.6. The predicted octanol–water partition coefficient (Wildman–Crippen LogP) is 3.09. The molecule has 38 heavy (non-hydrogen) atoms. The number of nitrogens with zero attached hydrogens (tertiary/aromatic N) is 1. The van der Waals surface area contributed by atoms with Gasteiger partial charge in [-0.1, -0.05) is 12.1 Å². The van der Waals surface area contributed by atoms with Crippen LogP contribution in [0.25, 0.3) is 0 Å². The molecule has 11 nitrogen and oxygen atoms in total.